The minimum Gasteiger partial charge on any atom is -0.463 e. The molecule has 0 unspecified atom stereocenters. The van der Waals surface area contributed by atoms with E-state index >= 15 is 0 Å². The van der Waals surface area contributed by atoms with Gasteiger partial charge in [-0.2, -0.15) is 0 Å². The predicted octanol–water partition coefficient (Wildman–Crippen LogP) is 5.47. The van der Waals surface area contributed by atoms with Crippen molar-refractivity contribution in [2.24, 2.45) is 4.99 Å². The van der Waals surface area contributed by atoms with Crippen LogP contribution in [0.1, 0.15) is 31.2 Å². The average molecular weight is 584 g/mol. The van der Waals surface area contributed by atoms with Crippen molar-refractivity contribution in [2.45, 2.75) is 19.9 Å². The monoisotopic (exact) mass is 582 g/mol. The summed E-state index contributed by atoms with van der Waals surface area (Å²) in [5, 5.41) is 0.559. The van der Waals surface area contributed by atoms with E-state index in [9.17, 15) is 9.59 Å². The Hall–Kier alpha value is -3.20. The van der Waals surface area contributed by atoms with Crippen LogP contribution >= 0.6 is 38.9 Å². The molecule has 2 aromatic carbocycles. The number of nitrogens with zero attached hydrogens (tertiary/aromatic N) is 2. The largest absolute Gasteiger partial charge is 0.463 e. The molecule has 0 spiro atoms. The lowest BCUT2D eigenvalue weighted by Crippen LogP contribution is -2.39. The lowest BCUT2D eigenvalue weighted by molar-refractivity contribution is -0.139. The van der Waals surface area contributed by atoms with E-state index in [0.717, 1.165) is 15.6 Å². The van der Waals surface area contributed by atoms with Gasteiger partial charge in [0.25, 0.3) is 5.56 Å². The third kappa shape index (κ3) is 4.64. The topological polar surface area (TPSA) is 73.8 Å². The van der Waals surface area contributed by atoms with E-state index in [2.05, 4.69) is 20.9 Å². The van der Waals surface area contributed by atoms with Crippen LogP contribution in [0.3, 0.4) is 0 Å². The summed E-state index contributed by atoms with van der Waals surface area (Å²) in [6.45, 7) is 3.71. The first-order chi connectivity index (χ1) is 17.4. The molecule has 182 valence electrons. The number of thiazole rings is 1. The van der Waals surface area contributed by atoms with Gasteiger partial charge in [-0.15, -0.1) is 0 Å². The fraction of sp³-hybridized carbons (Fsp3) is 0.148. The Bertz CT molecular complexity index is 1680. The van der Waals surface area contributed by atoms with E-state index in [4.69, 9.17) is 20.8 Å². The SMILES string of the molecule is CCOC(=O)C1=C(C)N=c2s/c(=C\c3ccc(-c4cccc(Br)c4)o3)c(=O)n2[C@H]1c1ccc(Cl)cc1. The molecule has 36 heavy (non-hydrogen) atoms. The third-order valence-electron chi connectivity index (χ3n) is 5.71. The lowest BCUT2D eigenvalue weighted by Gasteiger charge is -2.24. The summed E-state index contributed by atoms with van der Waals surface area (Å²) in [6.07, 6.45) is 1.70. The number of rotatable bonds is 5. The number of ether oxygens (including phenoxy) is 1. The molecule has 0 N–H and O–H groups in total. The van der Waals surface area contributed by atoms with Gasteiger partial charge in [0.2, 0.25) is 0 Å². The smallest absolute Gasteiger partial charge is 0.338 e. The van der Waals surface area contributed by atoms with Gasteiger partial charge in [0, 0.05) is 21.1 Å². The summed E-state index contributed by atoms with van der Waals surface area (Å²) >= 11 is 10.8. The number of furan rings is 1. The number of benzene rings is 2. The number of aromatic nitrogens is 1. The van der Waals surface area contributed by atoms with Crippen LogP contribution in [0.4, 0.5) is 0 Å². The fourth-order valence-corrected chi connectivity index (χ4v) is 5.66. The van der Waals surface area contributed by atoms with Crippen LogP contribution in [0.15, 0.2) is 90.6 Å². The van der Waals surface area contributed by atoms with Gasteiger partial charge in [-0.3, -0.25) is 9.36 Å². The molecule has 5 rings (SSSR count). The molecule has 0 saturated carbocycles. The van der Waals surface area contributed by atoms with Crippen molar-refractivity contribution in [3.8, 4) is 11.3 Å². The zero-order chi connectivity index (χ0) is 25.4. The van der Waals surface area contributed by atoms with Crippen molar-refractivity contribution < 1.29 is 13.9 Å². The minimum atomic E-state index is -0.687. The molecular formula is C27H20BrClN2O4S. The second-order valence-electron chi connectivity index (χ2n) is 8.07. The Balaban J connectivity index is 1.64. The average Bonchev–Trinajstić information content (AvgIpc) is 3.43. The molecule has 0 aliphatic carbocycles. The maximum Gasteiger partial charge on any atom is 0.338 e. The second kappa shape index (κ2) is 10.0. The predicted molar refractivity (Wildman–Crippen MR) is 144 cm³/mol. The molecule has 9 heteroatoms. The van der Waals surface area contributed by atoms with Crippen LogP contribution in [0.5, 0.6) is 0 Å². The second-order valence-corrected chi connectivity index (χ2v) is 10.4. The van der Waals surface area contributed by atoms with Crippen molar-refractivity contribution in [3.63, 3.8) is 0 Å². The molecule has 0 bridgehead atoms. The van der Waals surface area contributed by atoms with Crippen LogP contribution in [0, 0.1) is 0 Å². The molecule has 0 radical (unpaired) electrons. The Kier molecular flexibility index (Phi) is 6.83. The van der Waals surface area contributed by atoms with E-state index in [1.54, 1.807) is 44.2 Å². The van der Waals surface area contributed by atoms with Gasteiger partial charge in [-0.25, -0.2) is 9.79 Å². The highest BCUT2D eigenvalue weighted by Gasteiger charge is 2.33. The van der Waals surface area contributed by atoms with E-state index in [-0.39, 0.29) is 12.2 Å². The number of fused-ring (bicyclic) bond motifs is 1. The number of halogens is 2. The molecule has 1 aliphatic rings. The third-order valence-corrected chi connectivity index (χ3v) is 7.44. The van der Waals surface area contributed by atoms with E-state index in [1.165, 1.54) is 15.9 Å². The summed E-state index contributed by atoms with van der Waals surface area (Å²) in [5.74, 6) is 0.729. The molecule has 4 aromatic rings. The zero-order valence-corrected chi connectivity index (χ0v) is 22.5. The molecule has 6 nitrogen and oxygen atoms in total. The standard InChI is InChI=1S/C27H20BrClN2O4S/c1-3-34-26(33)23-15(2)30-27-31(24(23)16-7-9-19(29)10-8-16)25(32)22(36-27)14-20-11-12-21(35-20)17-5-4-6-18(28)13-17/h4-14,24H,3H2,1-2H3/b22-14-/t24-/m0/s1. The summed E-state index contributed by atoms with van der Waals surface area (Å²) in [4.78, 5) is 31.7. The molecule has 2 aromatic heterocycles. The number of hydrogen-bond acceptors (Lipinski definition) is 6. The van der Waals surface area contributed by atoms with Gasteiger partial charge in [0.05, 0.1) is 28.5 Å². The van der Waals surface area contributed by atoms with Crippen molar-refractivity contribution in [1.29, 1.82) is 0 Å². The highest BCUT2D eigenvalue weighted by Crippen LogP contribution is 2.31. The van der Waals surface area contributed by atoms with Gasteiger partial charge < -0.3 is 9.15 Å². The number of carbonyl (C=O) groups is 1. The van der Waals surface area contributed by atoms with Crippen LogP contribution in [0.25, 0.3) is 17.4 Å². The van der Waals surface area contributed by atoms with E-state index < -0.39 is 12.0 Å². The molecule has 0 fully saturated rings. The van der Waals surface area contributed by atoms with Crippen LogP contribution in [-0.4, -0.2) is 17.1 Å². The Morgan fingerprint density at radius 3 is 2.72 bits per heavy atom. The maximum atomic E-state index is 13.7. The van der Waals surface area contributed by atoms with Gasteiger partial charge in [0.1, 0.15) is 11.5 Å². The van der Waals surface area contributed by atoms with Crippen molar-refractivity contribution >= 4 is 50.9 Å². The van der Waals surface area contributed by atoms with Crippen LogP contribution < -0.4 is 14.9 Å². The summed E-state index contributed by atoms with van der Waals surface area (Å²) < 4.78 is 14.3. The zero-order valence-electron chi connectivity index (χ0n) is 19.3. The maximum absolute atomic E-state index is 13.7. The summed E-state index contributed by atoms with van der Waals surface area (Å²) in [6, 6.07) is 17.9. The minimum absolute atomic E-state index is 0.214. The molecule has 1 atom stereocenters. The first-order valence-electron chi connectivity index (χ1n) is 11.2. The number of allylic oxidation sites excluding steroid dienone is 1. The van der Waals surface area contributed by atoms with Crippen molar-refractivity contribution in [3.05, 3.63) is 112 Å². The number of carbonyl (C=O) groups excluding carboxylic acids is 1. The molecule has 0 saturated heterocycles. The van der Waals surface area contributed by atoms with Crippen molar-refractivity contribution in [1.82, 2.24) is 4.57 Å². The Labute approximate surface area is 224 Å². The van der Waals surface area contributed by atoms with Gasteiger partial charge in [-0.05, 0) is 55.8 Å². The quantitative estimate of drug-likeness (QED) is 0.292. The first-order valence-corrected chi connectivity index (χ1v) is 13.2. The summed E-state index contributed by atoms with van der Waals surface area (Å²) in [7, 11) is 0. The number of esters is 1. The molecular weight excluding hydrogens is 564 g/mol. The molecule has 1 aliphatic heterocycles. The van der Waals surface area contributed by atoms with Gasteiger partial charge in [0.15, 0.2) is 4.80 Å². The van der Waals surface area contributed by atoms with Crippen LogP contribution in [0.2, 0.25) is 5.02 Å². The highest BCUT2D eigenvalue weighted by atomic mass is 79.9. The molecule has 0 amide bonds. The highest BCUT2D eigenvalue weighted by molar-refractivity contribution is 9.10. The van der Waals surface area contributed by atoms with E-state index in [1.807, 2.05) is 36.4 Å². The summed E-state index contributed by atoms with van der Waals surface area (Å²) in [5.41, 5.74) is 2.22. The van der Waals surface area contributed by atoms with Gasteiger partial charge in [-0.1, -0.05) is 63.1 Å². The normalized spacial score (nSPS) is 15.6. The van der Waals surface area contributed by atoms with Crippen molar-refractivity contribution in [2.75, 3.05) is 6.61 Å². The first kappa shape index (κ1) is 24.5. The Morgan fingerprint density at radius 1 is 1.22 bits per heavy atom. The lowest BCUT2D eigenvalue weighted by atomic mass is 9.96. The fourth-order valence-electron chi connectivity index (χ4n) is 4.11. The van der Waals surface area contributed by atoms with Crippen LogP contribution in [-0.2, 0) is 9.53 Å². The van der Waals surface area contributed by atoms with E-state index in [0.29, 0.717) is 37.1 Å². The number of hydrogen-bond donors (Lipinski definition) is 0. The molecule has 3 heterocycles. The van der Waals surface area contributed by atoms with Gasteiger partial charge >= 0.3 is 5.97 Å². The Morgan fingerprint density at radius 2 is 2.00 bits per heavy atom.